The molecule has 0 aliphatic carbocycles. The Labute approximate surface area is 83.9 Å². The van der Waals surface area contributed by atoms with E-state index in [1.807, 2.05) is 0 Å². The summed E-state index contributed by atoms with van der Waals surface area (Å²) in [5, 5.41) is 0. The molecule has 1 saturated heterocycles. The molecule has 1 rings (SSSR count). The Morgan fingerprint density at radius 3 is 2.29 bits per heavy atom. The molecule has 1 aliphatic heterocycles. The maximum Gasteiger partial charge on any atom is 0.251 e. The standard InChI is InChI=1S/C8H15NO4S/c1-7(13-2)8(10)9-3-5-14(11,12)6-4-9/h7H,3-6H2,1-2H3. The number of ether oxygens (including phenoxy) is 1. The van der Waals surface area contributed by atoms with Gasteiger partial charge in [-0.2, -0.15) is 0 Å². The number of nitrogens with zero attached hydrogens (tertiary/aromatic N) is 1. The normalized spacial score (nSPS) is 23.1. The number of sulfone groups is 1. The van der Waals surface area contributed by atoms with Crippen LogP contribution in [0.3, 0.4) is 0 Å². The maximum absolute atomic E-state index is 11.5. The highest BCUT2D eigenvalue weighted by molar-refractivity contribution is 7.91. The second-order valence-corrected chi connectivity index (χ2v) is 5.66. The molecule has 14 heavy (non-hydrogen) atoms. The van der Waals surface area contributed by atoms with Gasteiger partial charge in [0.15, 0.2) is 9.84 Å². The highest BCUT2D eigenvalue weighted by Crippen LogP contribution is 2.06. The summed E-state index contributed by atoms with van der Waals surface area (Å²) in [5.74, 6) is -0.00735. The van der Waals surface area contributed by atoms with Gasteiger partial charge in [-0.15, -0.1) is 0 Å². The first-order valence-corrected chi connectivity index (χ1v) is 6.30. The Bertz CT molecular complexity index is 297. The van der Waals surface area contributed by atoms with Gasteiger partial charge in [0, 0.05) is 20.2 Å². The topological polar surface area (TPSA) is 63.7 Å². The van der Waals surface area contributed by atoms with Gasteiger partial charge < -0.3 is 9.64 Å². The zero-order valence-corrected chi connectivity index (χ0v) is 9.21. The molecule has 0 bridgehead atoms. The second-order valence-electron chi connectivity index (χ2n) is 3.36. The van der Waals surface area contributed by atoms with E-state index in [1.165, 1.54) is 12.0 Å². The van der Waals surface area contributed by atoms with Crippen molar-refractivity contribution in [2.24, 2.45) is 0 Å². The lowest BCUT2D eigenvalue weighted by atomic mass is 10.3. The Morgan fingerprint density at radius 2 is 1.86 bits per heavy atom. The fraction of sp³-hybridized carbons (Fsp3) is 0.875. The number of rotatable bonds is 2. The lowest BCUT2D eigenvalue weighted by Crippen LogP contribution is -2.47. The monoisotopic (exact) mass is 221 g/mol. The highest BCUT2D eigenvalue weighted by atomic mass is 32.2. The van der Waals surface area contributed by atoms with Gasteiger partial charge in [-0.05, 0) is 6.92 Å². The quantitative estimate of drug-likeness (QED) is 0.617. The summed E-state index contributed by atoms with van der Waals surface area (Å²) in [6.07, 6.45) is -0.490. The van der Waals surface area contributed by atoms with Crippen LogP contribution < -0.4 is 0 Å². The summed E-state index contributed by atoms with van der Waals surface area (Å²) in [6.45, 7) is 2.23. The van der Waals surface area contributed by atoms with Crippen LogP contribution in [0.2, 0.25) is 0 Å². The van der Waals surface area contributed by atoms with Crippen molar-refractivity contribution in [3.05, 3.63) is 0 Å². The zero-order chi connectivity index (χ0) is 10.8. The van der Waals surface area contributed by atoms with Crippen LogP contribution in [0.5, 0.6) is 0 Å². The van der Waals surface area contributed by atoms with E-state index in [4.69, 9.17) is 4.74 Å². The van der Waals surface area contributed by atoms with Crippen LogP contribution in [0, 0.1) is 0 Å². The molecule has 0 radical (unpaired) electrons. The fourth-order valence-electron chi connectivity index (χ4n) is 1.29. The van der Waals surface area contributed by atoms with Crippen LogP contribution in [0.4, 0.5) is 0 Å². The summed E-state index contributed by atoms with van der Waals surface area (Å²) in [6, 6.07) is 0. The third-order valence-electron chi connectivity index (χ3n) is 2.36. The number of carbonyl (C=O) groups excluding carboxylic acids is 1. The molecule has 1 amide bonds. The summed E-state index contributed by atoms with van der Waals surface area (Å²) in [7, 11) is -1.45. The summed E-state index contributed by atoms with van der Waals surface area (Å²) >= 11 is 0. The number of amides is 1. The van der Waals surface area contributed by atoms with Gasteiger partial charge in [-0.3, -0.25) is 4.79 Å². The molecular formula is C8H15NO4S. The van der Waals surface area contributed by atoms with Gasteiger partial charge in [0.2, 0.25) is 0 Å². The van der Waals surface area contributed by atoms with E-state index in [0.29, 0.717) is 0 Å². The number of hydrogen-bond acceptors (Lipinski definition) is 4. The van der Waals surface area contributed by atoms with E-state index in [2.05, 4.69) is 0 Å². The molecule has 0 aromatic carbocycles. The second kappa shape index (κ2) is 4.27. The first-order chi connectivity index (χ1) is 6.46. The Balaban J connectivity index is 2.54. The number of hydrogen-bond donors (Lipinski definition) is 0. The molecule has 0 spiro atoms. The average Bonchev–Trinajstić information content (AvgIpc) is 2.15. The fourth-order valence-corrected chi connectivity index (χ4v) is 2.49. The molecule has 1 fully saturated rings. The molecule has 0 saturated carbocycles. The van der Waals surface area contributed by atoms with Crippen molar-refractivity contribution < 1.29 is 17.9 Å². The SMILES string of the molecule is COC(C)C(=O)N1CCS(=O)(=O)CC1. The van der Waals surface area contributed by atoms with E-state index in [9.17, 15) is 13.2 Å². The van der Waals surface area contributed by atoms with Crippen molar-refractivity contribution in [2.45, 2.75) is 13.0 Å². The molecule has 1 aliphatic rings. The van der Waals surface area contributed by atoms with E-state index in [0.717, 1.165) is 0 Å². The maximum atomic E-state index is 11.5. The number of methoxy groups -OCH3 is 1. The summed E-state index contributed by atoms with van der Waals surface area (Å²) < 4.78 is 27.1. The molecule has 1 heterocycles. The Hall–Kier alpha value is -0.620. The smallest absolute Gasteiger partial charge is 0.251 e. The van der Waals surface area contributed by atoms with Gasteiger partial charge in [0.05, 0.1) is 11.5 Å². The van der Waals surface area contributed by atoms with E-state index in [-0.39, 0.29) is 30.5 Å². The first-order valence-electron chi connectivity index (χ1n) is 4.48. The van der Waals surface area contributed by atoms with Gasteiger partial charge in [0.1, 0.15) is 6.10 Å². The van der Waals surface area contributed by atoms with E-state index >= 15 is 0 Å². The molecule has 6 heteroatoms. The van der Waals surface area contributed by atoms with Gasteiger partial charge in [-0.25, -0.2) is 8.42 Å². The largest absolute Gasteiger partial charge is 0.372 e. The van der Waals surface area contributed by atoms with Crippen molar-refractivity contribution in [3.63, 3.8) is 0 Å². The van der Waals surface area contributed by atoms with Crippen LogP contribution in [0.15, 0.2) is 0 Å². The van der Waals surface area contributed by atoms with E-state index in [1.54, 1.807) is 6.92 Å². The predicted octanol–water partition coefficient (Wildman–Crippen LogP) is -0.722. The minimum absolute atomic E-state index is 0.0647. The van der Waals surface area contributed by atoms with Crippen molar-refractivity contribution in [3.8, 4) is 0 Å². The molecule has 1 atom stereocenters. The summed E-state index contributed by atoms with van der Waals surface area (Å²) in [4.78, 5) is 13.1. The van der Waals surface area contributed by atoms with Gasteiger partial charge in [-0.1, -0.05) is 0 Å². The number of carbonyl (C=O) groups is 1. The minimum atomic E-state index is -2.92. The lowest BCUT2D eigenvalue weighted by Gasteiger charge is -2.28. The molecule has 0 N–H and O–H groups in total. The average molecular weight is 221 g/mol. The van der Waals surface area contributed by atoms with E-state index < -0.39 is 15.9 Å². The molecule has 0 aromatic rings. The van der Waals surface area contributed by atoms with Crippen molar-refractivity contribution in [2.75, 3.05) is 31.7 Å². The minimum Gasteiger partial charge on any atom is -0.372 e. The van der Waals surface area contributed by atoms with Crippen molar-refractivity contribution in [1.29, 1.82) is 0 Å². The van der Waals surface area contributed by atoms with Crippen LogP contribution in [-0.4, -0.2) is 57.0 Å². The van der Waals surface area contributed by atoms with Crippen LogP contribution in [0.25, 0.3) is 0 Å². The van der Waals surface area contributed by atoms with Crippen molar-refractivity contribution in [1.82, 2.24) is 4.90 Å². The van der Waals surface area contributed by atoms with Crippen LogP contribution in [0.1, 0.15) is 6.92 Å². The molecule has 82 valence electrons. The van der Waals surface area contributed by atoms with Crippen molar-refractivity contribution >= 4 is 15.7 Å². The molecule has 0 aromatic heterocycles. The molecule has 5 nitrogen and oxygen atoms in total. The first kappa shape index (κ1) is 11.5. The van der Waals surface area contributed by atoms with Crippen LogP contribution >= 0.6 is 0 Å². The third kappa shape index (κ3) is 2.68. The Morgan fingerprint density at radius 1 is 1.36 bits per heavy atom. The summed E-state index contributed by atoms with van der Waals surface area (Å²) in [5.41, 5.74) is 0. The Kier molecular flexibility index (Phi) is 3.49. The van der Waals surface area contributed by atoms with Crippen LogP contribution in [-0.2, 0) is 19.4 Å². The van der Waals surface area contributed by atoms with Gasteiger partial charge in [0.25, 0.3) is 5.91 Å². The molecular weight excluding hydrogens is 206 g/mol. The zero-order valence-electron chi connectivity index (χ0n) is 8.39. The lowest BCUT2D eigenvalue weighted by molar-refractivity contribution is -0.140. The highest BCUT2D eigenvalue weighted by Gasteiger charge is 2.27. The third-order valence-corrected chi connectivity index (χ3v) is 3.97. The molecule has 1 unspecified atom stereocenters. The predicted molar refractivity (Wildman–Crippen MR) is 51.7 cm³/mol. The van der Waals surface area contributed by atoms with Gasteiger partial charge >= 0.3 is 0 Å².